The second kappa shape index (κ2) is 9.13. The minimum absolute atomic E-state index is 0.0194. The summed E-state index contributed by atoms with van der Waals surface area (Å²) in [6, 6.07) is 13.5. The average molecular weight is 504 g/mol. The highest BCUT2D eigenvalue weighted by atomic mass is 35.5. The normalized spacial score (nSPS) is 16.3. The van der Waals surface area contributed by atoms with Crippen LogP contribution in [0.3, 0.4) is 0 Å². The summed E-state index contributed by atoms with van der Waals surface area (Å²) >= 11 is 6.35. The van der Waals surface area contributed by atoms with Crippen molar-refractivity contribution in [2.45, 2.75) is 32.7 Å². The number of aromatic nitrogens is 4. The third-order valence-electron chi connectivity index (χ3n) is 7.42. The third-order valence-corrected chi connectivity index (χ3v) is 7.75. The number of rotatable bonds is 3. The van der Waals surface area contributed by atoms with Gasteiger partial charge in [-0.15, -0.1) is 0 Å². The van der Waals surface area contributed by atoms with Crippen molar-refractivity contribution in [1.82, 2.24) is 24.5 Å². The van der Waals surface area contributed by atoms with Gasteiger partial charge in [-0.1, -0.05) is 36.4 Å². The van der Waals surface area contributed by atoms with Crippen molar-refractivity contribution in [2.75, 3.05) is 13.1 Å². The standard InChI is InChI=1S/C20H22ClN3O2.C8H8N2/c1-4-18(26)23-10-20(11-23)8-14(9-20)24-13(3)19(12(2)22-24)16-7-15(25)5-6-17(16)21;1-10-8-5-3-2-4-7(8)6-9-10/h4-7,14,25H,1,8-11H2,2-3H3;2-6H,1H3. The number of aryl methyl sites for hydroxylation is 2. The minimum Gasteiger partial charge on any atom is -0.508 e. The van der Waals surface area contributed by atoms with Crippen molar-refractivity contribution < 1.29 is 9.90 Å². The molecule has 1 amide bonds. The molecule has 1 spiro atoms. The van der Waals surface area contributed by atoms with Crippen LogP contribution in [0.1, 0.15) is 30.3 Å². The van der Waals surface area contributed by atoms with Crippen LogP contribution in [0, 0.1) is 19.3 Å². The Hall–Kier alpha value is -3.58. The van der Waals surface area contributed by atoms with Crippen LogP contribution in [0.4, 0.5) is 0 Å². The number of hydrogen-bond donors (Lipinski definition) is 1. The summed E-state index contributed by atoms with van der Waals surface area (Å²) < 4.78 is 3.96. The lowest BCUT2D eigenvalue weighted by atomic mass is 9.60. The van der Waals surface area contributed by atoms with Gasteiger partial charge in [-0.25, -0.2) is 0 Å². The zero-order valence-electron chi connectivity index (χ0n) is 20.8. The van der Waals surface area contributed by atoms with Gasteiger partial charge in [0.25, 0.3) is 0 Å². The average Bonchev–Trinajstić information content (AvgIpc) is 3.33. The van der Waals surface area contributed by atoms with E-state index in [4.69, 9.17) is 16.7 Å². The number of aromatic hydroxyl groups is 1. The lowest BCUT2D eigenvalue weighted by Gasteiger charge is -2.58. The number of fused-ring (bicyclic) bond motifs is 1. The van der Waals surface area contributed by atoms with Crippen LogP contribution in [0.25, 0.3) is 22.0 Å². The van der Waals surface area contributed by atoms with E-state index in [0.717, 1.165) is 48.4 Å². The first-order chi connectivity index (χ1) is 17.2. The molecule has 2 aromatic heterocycles. The Bertz CT molecular complexity index is 1460. The van der Waals surface area contributed by atoms with E-state index in [1.807, 2.05) is 41.9 Å². The van der Waals surface area contributed by atoms with Crippen LogP contribution < -0.4 is 0 Å². The molecule has 1 N–H and O–H groups in total. The summed E-state index contributed by atoms with van der Waals surface area (Å²) in [7, 11) is 1.95. The molecule has 1 saturated carbocycles. The second-order valence-corrected chi connectivity index (χ2v) is 10.3. The van der Waals surface area contributed by atoms with Gasteiger partial charge in [-0.2, -0.15) is 10.2 Å². The van der Waals surface area contributed by atoms with Crippen LogP contribution in [-0.2, 0) is 11.8 Å². The molecule has 3 heterocycles. The van der Waals surface area contributed by atoms with Gasteiger partial charge in [0.1, 0.15) is 5.75 Å². The largest absolute Gasteiger partial charge is 0.508 e. The molecular formula is C28H30ClN5O2. The van der Waals surface area contributed by atoms with Crippen molar-refractivity contribution >= 4 is 28.4 Å². The van der Waals surface area contributed by atoms with Crippen molar-refractivity contribution in [3.05, 3.63) is 77.7 Å². The van der Waals surface area contributed by atoms with E-state index in [1.165, 1.54) is 17.0 Å². The molecule has 2 fully saturated rings. The molecule has 186 valence electrons. The number of benzene rings is 2. The topological polar surface area (TPSA) is 76.2 Å². The van der Waals surface area contributed by atoms with E-state index in [9.17, 15) is 9.90 Å². The Morgan fingerprint density at radius 2 is 1.92 bits per heavy atom. The summed E-state index contributed by atoms with van der Waals surface area (Å²) in [5.41, 5.74) is 5.21. The summed E-state index contributed by atoms with van der Waals surface area (Å²) in [5.74, 6) is 0.214. The van der Waals surface area contributed by atoms with Gasteiger partial charge in [-0.05, 0) is 57.0 Å². The SMILES string of the molecule is C=CC(=O)N1CC2(CC(n3nc(C)c(-c4cc(O)ccc4Cl)c3C)C2)C1.Cn1ncc2ccccc21. The first kappa shape index (κ1) is 24.1. The molecule has 1 aliphatic carbocycles. The summed E-state index contributed by atoms with van der Waals surface area (Å²) in [6.45, 7) is 9.21. The minimum atomic E-state index is 0.0194. The molecule has 0 radical (unpaired) electrons. The molecule has 4 aromatic rings. The van der Waals surface area contributed by atoms with Crippen molar-refractivity contribution in [3.8, 4) is 16.9 Å². The molecule has 0 bridgehead atoms. The maximum absolute atomic E-state index is 11.6. The molecule has 6 rings (SSSR count). The van der Waals surface area contributed by atoms with Crippen molar-refractivity contribution in [2.24, 2.45) is 12.5 Å². The molecule has 2 aromatic carbocycles. The fourth-order valence-electron chi connectivity index (χ4n) is 5.63. The fraction of sp³-hybridized carbons (Fsp3) is 0.321. The Morgan fingerprint density at radius 3 is 2.61 bits per heavy atom. The molecule has 1 aliphatic heterocycles. The number of para-hydroxylation sites is 1. The number of phenols is 1. The third kappa shape index (κ3) is 4.17. The fourth-order valence-corrected chi connectivity index (χ4v) is 5.85. The van der Waals surface area contributed by atoms with Crippen LogP contribution in [0.5, 0.6) is 5.75 Å². The highest BCUT2D eigenvalue weighted by Gasteiger charge is 2.54. The monoisotopic (exact) mass is 503 g/mol. The Labute approximate surface area is 215 Å². The van der Waals surface area contributed by atoms with Gasteiger partial charge >= 0.3 is 0 Å². The first-order valence-corrected chi connectivity index (χ1v) is 12.4. The number of hydrogen-bond acceptors (Lipinski definition) is 4. The number of phenolic OH excluding ortho intramolecular Hbond substituents is 1. The van der Waals surface area contributed by atoms with Crippen molar-refractivity contribution in [3.63, 3.8) is 0 Å². The highest BCUT2D eigenvalue weighted by molar-refractivity contribution is 6.33. The smallest absolute Gasteiger partial charge is 0.245 e. The second-order valence-electron chi connectivity index (χ2n) is 9.94. The van der Waals surface area contributed by atoms with Gasteiger partial charge in [0.15, 0.2) is 0 Å². The highest BCUT2D eigenvalue weighted by Crippen LogP contribution is 2.54. The number of carbonyl (C=O) groups excluding carboxylic acids is 1. The van der Waals surface area contributed by atoms with Crippen LogP contribution >= 0.6 is 11.6 Å². The maximum Gasteiger partial charge on any atom is 0.245 e. The zero-order valence-corrected chi connectivity index (χ0v) is 21.5. The maximum atomic E-state index is 11.6. The van der Waals surface area contributed by atoms with Gasteiger partial charge in [0.05, 0.1) is 23.4 Å². The van der Waals surface area contributed by atoms with Crippen molar-refractivity contribution in [1.29, 1.82) is 0 Å². The predicted molar refractivity (Wildman–Crippen MR) is 142 cm³/mol. The Balaban J connectivity index is 0.000000222. The molecule has 2 aliphatic rings. The van der Waals surface area contributed by atoms with Gasteiger partial charge in [-0.3, -0.25) is 14.2 Å². The van der Waals surface area contributed by atoms with E-state index in [2.05, 4.69) is 35.4 Å². The number of nitrogens with zero attached hydrogens (tertiary/aromatic N) is 5. The zero-order chi connectivity index (χ0) is 25.6. The van der Waals surface area contributed by atoms with Gasteiger partial charge < -0.3 is 10.0 Å². The van der Waals surface area contributed by atoms with E-state index in [-0.39, 0.29) is 17.1 Å². The van der Waals surface area contributed by atoms with Gasteiger partial charge in [0.2, 0.25) is 5.91 Å². The molecule has 0 unspecified atom stereocenters. The summed E-state index contributed by atoms with van der Waals surface area (Å²) in [5, 5.41) is 20.5. The summed E-state index contributed by atoms with van der Waals surface area (Å²) in [4.78, 5) is 13.5. The quantitative estimate of drug-likeness (QED) is 0.377. The number of carbonyl (C=O) groups is 1. The van der Waals surface area contributed by atoms with Gasteiger partial charge in [0, 0.05) is 52.8 Å². The molecule has 0 atom stereocenters. The molecule has 36 heavy (non-hydrogen) atoms. The lowest BCUT2D eigenvalue weighted by molar-refractivity contribution is -0.149. The van der Waals surface area contributed by atoms with E-state index < -0.39 is 0 Å². The number of halogens is 1. The molecule has 7 nitrogen and oxygen atoms in total. The van der Waals surface area contributed by atoms with Crippen LogP contribution in [0.15, 0.2) is 61.3 Å². The van der Waals surface area contributed by atoms with Crippen LogP contribution in [-0.4, -0.2) is 48.6 Å². The molecular weight excluding hydrogens is 474 g/mol. The summed E-state index contributed by atoms with van der Waals surface area (Å²) in [6.07, 6.45) is 5.32. The van der Waals surface area contributed by atoms with E-state index in [0.29, 0.717) is 11.1 Å². The lowest BCUT2D eigenvalue weighted by Crippen LogP contribution is -2.63. The molecule has 8 heteroatoms. The van der Waals surface area contributed by atoms with Crippen LogP contribution in [0.2, 0.25) is 5.02 Å². The Morgan fingerprint density at radius 1 is 1.19 bits per heavy atom. The first-order valence-electron chi connectivity index (χ1n) is 12.0. The number of amides is 1. The predicted octanol–water partition coefficient (Wildman–Crippen LogP) is 5.45. The van der Waals surface area contributed by atoms with E-state index >= 15 is 0 Å². The number of likely N-dealkylation sites (tertiary alicyclic amines) is 1. The van der Waals surface area contributed by atoms with E-state index in [1.54, 1.807) is 18.2 Å². The molecule has 1 saturated heterocycles. The Kier molecular flexibility index (Phi) is 6.12.